The first-order chi connectivity index (χ1) is 12.8. The number of ether oxygens (including phenoxy) is 1. The van der Waals surface area contributed by atoms with Gasteiger partial charge in [0.25, 0.3) is 0 Å². The summed E-state index contributed by atoms with van der Waals surface area (Å²) in [6, 6.07) is 15.7. The molecule has 0 N–H and O–H groups in total. The molecule has 2 aromatic carbocycles. The molecule has 3 aromatic rings. The van der Waals surface area contributed by atoms with E-state index in [0.29, 0.717) is 0 Å². The normalized spacial score (nSPS) is 15.6. The van der Waals surface area contributed by atoms with Crippen molar-refractivity contribution in [2.45, 2.75) is 19.4 Å². The van der Waals surface area contributed by atoms with E-state index in [-0.39, 0.29) is 5.82 Å². The fourth-order valence-corrected chi connectivity index (χ4v) is 3.66. The number of hydrogen-bond acceptors (Lipinski definition) is 2. The molecule has 0 unspecified atom stereocenters. The smallest absolute Gasteiger partial charge is 0.123 e. The molecule has 1 fully saturated rings. The van der Waals surface area contributed by atoms with Gasteiger partial charge in [0.1, 0.15) is 5.82 Å². The Morgan fingerprint density at radius 1 is 0.923 bits per heavy atom. The molecule has 26 heavy (non-hydrogen) atoms. The molecule has 0 atom stereocenters. The van der Waals surface area contributed by atoms with Crippen molar-refractivity contribution in [3.63, 3.8) is 0 Å². The van der Waals surface area contributed by atoms with E-state index in [2.05, 4.69) is 39.9 Å². The number of morpholine rings is 1. The van der Waals surface area contributed by atoms with Gasteiger partial charge in [-0.05, 0) is 66.2 Å². The topological polar surface area (TPSA) is 17.4 Å². The largest absolute Gasteiger partial charge is 0.379 e. The zero-order chi connectivity index (χ0) is 17.8. The van der Waals surface area contributed by atoms with E-state index in [1.54, 1.807) is 0 Å². The molecule has 136 valence electrons. The minimum Gasteiger partial charge on any atom is -0.379 e. The van der Waals surface area contributed by atoms with Crippen LogP contribution in [0.5, 0.6) is 0 Å². The summed E-state index contributed by atoms with van der Waals surface area (Å²) in [5.41, 5.74) is 3.73. The lowest BCUT2D eigenvalue weighted by molar-refractivity contribution is 0.0375. The highest BCUT2D eigenvalue weighted by molar-refractivity contribution is 5.81. The summed E-state index contributed by atoms with van der Waals surface area (Å²) in [5.74, 6) is -0.187. The van der Waals surface area contributed by atoms with Crippen LogP contribution in [0.3, 0.4) is 0 Å². The maximum atomic E-state index is 13.1. The minimum absolute atomic E-state index is 0.187. The second kappa shape index (κ2) is 8.02. The van der Waals surface area contributed by atoms with Crippen LogP contribution in [-0.2, 0) is 17.7 Å². The average Bonchev–Trinajstić information content (AvgIpc) is 3.07. The molecule has 1 aliphatic rings. The standard InChI is InChI=1S/C22H25FN2O/c23-21-6-3-19(4-7-21)17-25-11-9-20-16-18(5-8-22(20)25)2-1-10-24-12-14-26-15-13-24/h3-9,11,16H,1-2,10,12-15,17H2. The van der Waals surface area contributed by atoms with Gasteiger partial charge in [0.2, 0.25) is 0 Å². The van der Waals surface area contributed by atoms with Crippen molar-refractivity contribution in [2.24, 2.45) is 0 Å². The monoisotopic (exact) mass is 352 g/mol. The molecule has 0 bridgehead atoms. The second-order valence-corrected chi connectivity index (χ2v) is 7.02. The van der Waals surface area contributed by atoms with E-state index in [4.69, 9.17) is 4.74 Å². The molecular formula is C22H25FN2O. The van der Waals surface area contributed by atoms with Gasteiger partial charge in [-0.3, -0.25) is 4.90 Å². The van der Waals surface area contributed by atoms with Crippen LogP contribution in [0.15, 0.2) is 54.7 Å². The first kappa shape index (κ1) is 17.3. The maximum Gasteiger partial charge on any atom is 0.123 e. The van der Waals surface area contributed by atoms with Crippen molar-refractivity contribution in [3.05, 3.63) is 71.7 Å². The van der Waals surface area contributed by atoms with Gasteiger partial charge in [-0.15, -0.1) is 0 Å². The highest BCUT2D eigenvalue weighted by Crippen LogP contribution is 2.20. The fourth-order valence-electron chi connectivity index (χ4n) is 3.66. The summed E-state index contributed by atoms with van der Waals surface area (Å²) in [6.07, 6.45) is 4.41. The number of fused-ring (bicyclic) bond motifs is 1. The minimum atomic E-state index is -0.187. The number of halogens is 1. The molecule has 4 heteroatoms. The first-order valence-corrected chi connectivity index (χ1v) is 9.40. The van der Waals surface area contributed by atoms with Gasteiger partial charge < -0.3 is 9.30 Å². The molecule has 0 radical (unpaired) electrons. The molecule has 0 saturated carbocycles. The van der Waals surface area contributed by atoms with Gasteiger partial charge in [0.15, 0.2) is 0 Å². The number of nitrogens with zero attached hydrogens (tertiary/aromatic N) is 2. The Morgan fingerprint density at radius 3 is 2.50 bits per heavy atom. The maximum absolute atomic E-state index is 13.1. The lowest BCUT2D eigenvalue weighted by atomic mass is 10.1. The van der Waals surface area contributed by atoms with E-state index < -0.39 is 0 Å². The summed E-state index contributed by atoms with van der Waals surface area (Å²) >= 11 is 0. The van der Waals surface area contributed by atoms with E-state index in [9.17, 15) is 4.39 Å². The van der Waals surface area contributed by atoms with Gasteiger partial charge in [0.05, 0.1) is 13.2 Å². The lowest BCUT2D eigenvalue weighted by Crippen LogP contribution is -2.36. The molecule has 1 saturated heterocycles. The molecular weight excluding hydrogens is 327 g/mol. The number of hydrogen-bond donors (Lipinski definition) is 0. The van der Waals surface area contributed by atoms with Gasteiger partial charge >= 0.3 is 0 Å². The number of benzene rings is 2. The van der Waals surface area contributed by atoms with Crippen LogP contribution in [0.1, 0.15) is 17.5 Å². The molecule has 0 amide bonds. The average molecular weight is 352 g/mol. The predicted molar refractivity (Wildman–Crippen MR) is 103 cm³/mol. The first-order valence-electron chi connectivity index (χ1n) is 9.40. The SMILES string of the molecule is Fc1ccc(Cn2ccc3cc(CCCN4CCOCC4)ccc32)cc1. The number of rotatable bonds is 6. The Hall–Kier alpha value is -2.17. The van der Waals surface area contributed by atoms with E-state index in [1.165, 1.54) is 35.0 Å². The molecule has 2 heterocycles. The van der Waals surface area contributed by atoms with Gasteiger partial charge in [-0.1, -0.05) is 18.2 Å². The summed E-state index contributed by atoms with van der Waals surface area (Å²) in [7, 11) is 0. The highest BCUT2D eigenvalue weighted by Gasteiger charge is 2.10. The summed E-state index contributed by atoms with van der Waals surface area (Å²) in [4.78, 5) is 2.49. The van der Waals surface area contributed by atoms with Crippen molar-refractivity contribution in [1.29, 1.82) is 0 Å². The van der Waals surface area contributed by atoms with E-state index in [1.807, 2.05) is 12.1 Å². The van der Waals surface area contributed by atoms with Crippen molar-refractivity contribution in [3.8, 4) is 0 Å². The molecule has 1 aliphatic heterocycles. The molecule has 0 spiro atoms. The van der Waals surface area contributed by atoms with Crippen LogP contribution in [0.25, 0.3) is 10.9 Å². The third-order valence-electron chi connectivity index (χ3n) is 5.15. The fraction of sp³-hybridized carbons (Fsp3) is 0.364. The number of aryl methyl sites for hydroxylation is 1. The third kappa shape index (κ3) is 4.14. The van der Waals surface area contributed by atoms with E-state index >= 15 is 0 Å². The van der Waals surface area contributed by atoms with Crippen LogP contribution in [-0.4, -0.2) is 42.3 Å². The van der Waals surface area contributed by atoms with Crippen LogP contribution < -0.4 is 0 Å². The zero-order valence-corrected chi connectivity index (χ0v) is 15.0. The molecule has 3 nitrogen and oxygen atoms in total. The van der Waals surface area contributed by atoms with Gasteiger partial charge in [-0.2, -0.15) is 0 Å². The highest BCUT2D eigenvalue weighted by atomic mass is 19.1. The molecule has 1 aromatic heterocycles. The van der Waals surface area contributed by atoms with Crippen molar-refractivity contribution < 1.29 is 9.13 Å². The van der Waals surface area contributed by atoms with Crippen LogP contribution >= 0.6 is 0 Å². The predicted octanol–water partition coefficient (Wildman–Crippen LogP) is 4.09. The van der Waals surface area contributed by atoms with E-state index in [0.717, 1.165) is 51.4 Å². The second-order valence-electron chi connectivity index (χ2n) is 7.02. The summed E-state index contributed by atoms with van der Waals surface area (Å²) in [6.45, 7) is 5.77. The Balaban J connectivity index is 1.39. The van der Waals surface area contributed by atoms with Gasteiger partial charge in [0, 0.05) is 31.3 Å². The third-order valence-corrected chi connectivity index (χ3v) is 5.15. The molecule has 4 rings (SSSR count). The van der Waals surface area contributed by atoms with Crippen molar-refractivity contribution >= 4 is 10.9 Å². The Kier molecular flexibility index (Phi) is 5.32. The molecule has 0 aliphatic carbocycles. The quantitative estimate of drug-likeness (QED) is 0.665. The summed E-state index contributed by atoms with van der Waals surface area (Å²) < 4.78 is 20.7. The lowest BCUT2D eigenvalue weighted by Gasteiger charge is -2.26. The number of aromatic nitrogens is 1. The Morgan fingerprint density at radius 2 is 1.69 bits per heavy atom. The van der Waals surface area contributed by atoms with Crippen LogP contribution in [0.4, 0.5) is 4.39 Å². The Bertz CT molecular complexity index is 850. The summed E-state index contributed by atoms with van der Waals surface area (Å²) in [5, 5.41) is 1.27. The van der Waals surface area contributed by atoms with Crippen molar-refractivity contribution in [1.82, 2.24) is 9.47 Å². The van der Waals surface area contributed by atoms with Crippen LogP contribution in [0.2, 0.25) is 0 Å². The Labute approximate surface area is 154 Å². The zero-order valence-electron chi connectivity index (χ0n) is 15.0. The van der Waals surface area contributed by atoms with Gasteiger partial charge in [-0.25, -0.2) is 4.39 Å². The van der Waals surface area contributed by atoms with Crippen molar-refractivity contribution in [2.75, 3.05) is 32.8 Å². The van der Waals surface area contributed by atoms with Crippen LogP contribution in [0, 0.1) is 5.82 Å².